The van der Waals surface area contributed by atoms with Crippen molar-refractivity contribution < 1.29 is 17.9 Å². The molecule has 0 aliphatic heterocycles. The quantitative estimate of drug-likeness (QED) is 0.630. The van der Waals surface area contributed by atoms with Gasteiger partial charge >= 0.3 is 0 Å². The minimum Gasteiger partial charge on any atom is -0.487 e. The van der Waals surface area contributed by atoms with E-state index in [1.807, 2.05) is 65.4 Å². The van der Waals surface area contributed by atoms with Crippen LogP contribution in [-0.2, 0) is 27.8 Å². The molecule has 0 saturated heterocycles. The third-order valence-electron chi connectivity index (χ3n) is 4.13. The number of carbonyl (C=O) groups excluding carboxylic acids is 1. The number of ether oxygens (including phenoxy) is 1. The summed E-state index contributed by atoms with van der Waals surface area (Å²) in [5.41, 5.74) is 2.86. The van der Waals surface area contributed by atoms with Crippen LogP contribution in [0.3, 0.4) is 0 Å². The molecule has 0 atom stereocenters. The van der Waals surface area contributed by atoms with Gasteiger partial charge in [0.1, 0.15) is 12.4 Å². The minimum absolute atomic E-state index is 0.166. The molecule has 1 amide bonds. The van der Waals surface area contributed by atoms with Gasteiger partial charge in [-0.15, -0.1) is 0 Å². The summed E-state index contributed by atoms with van der Waals surface area (Å²) in [5, 5.41) is 1.10. The van der Waals surface area contributed by atoms with E-state index >= 15 is 0 Å². The van der Waals surface area contributed by atoms with E-state index in [-0.39, 0.29) is 6.42 Å². The van der Waals surface area contributed by atoms with E-state index in [9.17, 15) is 13.2 Å². The molecule has 28 heavy (non-hydrogen) atoms. The first-order valence-electron chi connectivity index (χ1n) is 8.96. The predicted octanol–water partition coefficient (Wildman–Crippen LogP) is 3.21. The molecule has 0 aliphatic carbocycles. The van der Waals surface area contributed by atoms with Gasteiger partial charge in [-0.1, -0.05) is 36.4 Å². The Hall–Kier alpha value is -2.93. The van der Waals surface area contributed by atoms with Gasteiger partial charge < -0.3 is 4.74 Å². The zero-order chi connectivity index (χ0) is 20.0. The van der Waals surface area contributed by atoms with E-state index in [4.69, 9.17) is 4.74 Å². The number of nitrogens with one attached hydrogen (secondary N) is 1. The molecule has 0 spiro atoms. The van der Waals surface area contributed by atoms with E-state index in [2.05, 4.69) is 4.98 Å². The highest BCUT2D eigenvalue weighted by atomic mass is 32.2. The summed E-state index contributed by atoms with van der Waals surface area (Å²) in [6.45, 7) is 0.385. The number of amides is 1. The maximum atomic E-state index is 11.5. The average Bonchev–Trinajstić information content (AvgIpc) is 2.66. The topological polar surface area (TPSA) is 85.4 Å². The molecule has 0 aliphatic rings. The lowest BCUT2D eigenvalue weighted by Gasteiger charge is -2.08. The second-order valence-electron chi connectivity index (χ2n) is 6.58. The molecular formula is C21H22N2O4S. The summed E-state index contributed by atoms with van der Waals surface area (Å²) >= 11 is 0. The summed E-state index contributed by atoms with van der Waals surface area (Å²) in [6, 6.07) is 19.6. The maximum absolute atomic E-state index is 11.5. The molecule has 0 bridgehead atoms. The first kappa shape index (κ1) is 19.8. The third-order valence-corrected chi connectivity index (χ3v) is 4.73. The fourth-order valence-corrected chi connectivity index (χ4v) is 3.32. The van der Waals surface area contributed by atoms with Gasteiger partial charge in [0.2, 0.25) is 15.9 Å². The van der Waals surface area contributed by atoms with Crippen molar-refractivity contribution in [3.8, 4) is 5.75 Å². The summed E-state index contributed by atoms with van der Waals surface area (Å²) in [6.07, 6.45) is 2.39. The van der Waals surface area contributed by atoms with Crippen LogP contribution < -0.4 is 9.46 Å². The van der Waals surface area contributed by atoms with Gasteiger partial charge in [0.15, 0.2) is 0 Å². The molecule has 2 aromatic carbocycles. The van der Waals surface area contributed by atoms with Crippen LogP contribution in [0.2, 0.25) is 0 Å². The van der Waals surface area contributed by atoms with Crippen molar-refractivity contribution >= 4 is 26.8 Å². The number of hydrogen-bond acceptors (Lipinski definition) is 5. The van der Waals surface area contributed by atoms with Crippen molar-refractivity contribution in [1.82, 2.24) is 9.71 Å². The Morgan fingerprint density at radius 1 is 1.04 bits per heavy atom. The van der Waals surface area contributed by atoms with Crippen molar-refractivity contribution in [2.75, 3.05) is 6.26 Å². The van der Waals surface area contributed by atoms with E-state index in [1.165, 1.54) is 0 Å². The Kier molecular flexibility index (Phi) is 6.26. The number of benzene rings is 2. The molecule has 0 radical (unpaired) electrons. The van der Waals surface area contributed by atoms with Crippen LogP contribution in [0, 0.1) is 0 Å². The van der Waals surface area contributed by atoms with Crippen LogP contribution in [0.4, 0.5) is 0 Å². The number of pyridine rings is 1. The van der Waals surface area contributed by atoms with Crippen molar-refractivity contribution in [2.45, 2.75) is 25.9 Å². The van der Waals surface area contributed by atoms with Crippen LogP contribution in [-0.4, -0.2) is 25.6 Å². The van der Waals surface area contributed by atoms with E-state index in [0.29, 0.717) is 19.4 Å². The van der Waals surface area contributed by atoms with Crippen molar-refractivity contribution in [3.63, 3.8) is 0 Å². The Labute approximate surface area is 164 Å². The molecular weight excluding hydrogens is 376 g/mol. The van der Waals surface area contributed by atoms with Gasteiger partial charge in [0.05, 0.1) is 17.5 Å². The first-order chi connectivity index (χ1) is 13.4. The zero-order valence-corrected chi connectivity index (χ0v) is 16.4. The van der Waals surface area contributed by atoms with Crippen LogP contribution in [0.25, 0.3) is 10.9 Å². The molecule has 6 nitrogen and oxygen atoms in total. The maximum Gasteiger partial charge on any atom is 0.233 e. The van der Waals surface area contributed by atoms with Crippen molar-refractivity contribution in [1.29, 1.82) is 0 Å². The van der Waals surface area contributed by atoms with E-state index in [1.54, 1.807) is 0 Å². The molecule has 3 rings (SSSR count). The molecule has 1 N–H and O–H groups in total. The summed E-state index contributed by atoms with van der Waals surface area (Å²) in [4.78, 5) is 16.1. The van der Waals surface area contributed by atoms with Crippen LogP contribution in [0.1, 0.15) is 24.1 Å². The molecule has 7 heteroatoms. The summed E-state index contributed by atoms with van der Waals surface area (Å²) < 4.78 is 29.7. The van der Waals surface area contributed by atoms with Crippen molar-refractivity contribution in [2.24, 2.45) is 0 Å². The molecule has 1 aromatic heterocycles. The molecule has 146 valence electrons. The minimum atomic E-state index is -3.49. The normalized spacial score (nSPS) is 11.3. The standard InChI is InChI=1S/C21H22N2O4S/c1-28(25,26)23-21(24)8-4-5-16-9-13-19(14-10-16)27-15-18-12-11-17-6-2-3-7-20(17)22-18/h2-3,6-7,9-14H,4-5,8,15H2,1H3,(H,23,24). The zero-order valence-electron chi connectivity index (χ0n) is 15.6. The fraction of sp³-hybridized carbons (Fsp3) is 0.238. The number of hydrogen-bond donors (Lipinski definition) is 1. The fourth-order valence-electron chi connectivity index (χ4n) is 2.81. The second-order valence-corrected chi connectivity index (χ2v) is 8.33. The lowest BCUT2D eigenvalue weighted by Crippen LogP contribution is -2.29. The highest BCUT2D eigenvalue weighted by molar-refractivity contribution is 7.89. The number of rotatable bonds is 8. The first-order valence-corrected chi connectivity index (χ1v) is 10.9. The number of fused-ring (bicyclic) bond motifs is 1. The number of nitrogens with zero attached hydrogens (tertiary/aromatic N) is 1. The van der Waals surface area contributed by atoms with Gasteiger partial charge in [-0.05, 0) is 42.7 Å². The third kappa shape index (κ3) is 6.06. The highest BCUT2D eigenvalue weighted by Gasteiger charge is 2.08. The second kappa shape index (κ2) is 8.84. The molecule has 3 aromatic rings. The number of sulfonamides is 1. The lowest BCUT2D eigenvalue weighted by atomic mass is 10.1. The number of aryl methyl sites for hydroxylation is 1. The van der Waals surface area contributed by atoms with Gasteiger partial charge in [0.25, 0.3) is 0 Å². The molecule has 0 unspecified atom stereocenters. The van der Waals surface area contributed by atoms with E-state index in [0.717, 1.165) is 34.2 Å². The van der Waals surface area contributed by atoms with Gasteiger partial charge in [-0.2, -0.15) is 0 Å². The smallest absolute Gasteiger partial charge is 0.233 e. The Balaban J connectivity index is 1.48. The Morgan fingerprint density at radius 2 is 1.79 bits per heavy atom. The molecule has 0 saturated carbocycles. The number of aromatic nitrogens is 1. The SMILES string of the molecule is CS(=O)(=O)NC(=O)CCCc1ccc(OCc2ccc3ccccc3n2)cc1. The van der Waals surface area contributed by atoms with Crippen molar-refractivity contribution in [3.05, 3.63) is 71.9 Å². The average molecular weight is 398 g/mol. The van der Waals surface area contributed by atoms with Gasteiger partial charge in [-0.25, -0.2) is 13.4 Å². The molecule has 1 heterocycles. The Bertz CT molecular complexity index is 1060. The predicted molar refractivity (Wildman–Crippen MR) is 108 cm³/mol. The number of carbonyl (C=O) groups is 1. The monoisotopic (exact) mass is 398 g/mol. The Morgan fingerprint density at radius 3 is 2.54 bits per heavy atom. The lowest BCUT2D eigenvalue weighted by molar-refractivity contribution is -0.119. The largest absolute Gasteiger partial charge is 0.487 e. The van der Waals surface area contributed by atoms with Crippen LogP contribution in [0.5, 0.6) is 5.75 Å². The highest BCUT2D eigenvalue weighted by Crippen LogP contribution is 2.17. The number of para-hydroxylation sites is 1. The summed E-state index contributed by atoms with van der Waals surface area (Å²) in [7, 11) is -3.49. The van der Waals surface area contributed by atoms with E-state index < -0.39 is 15.9 Å². The summed E-state index contributed by atoms with van der Waals surface area (Å²) in [5.74, 6) is 0.263. The van der Waals surface area contributed by atoms with Gasteiger partial charge in [-0.3, -0.25) is 9.52 Å². The molecule has 0 fully saturated rings. The van der Waals surface area contributed by atoms with Crippen LogP contribution >= 0.6 is 0 Å². The van der Waals surface area contributed by atoms with Crippen LogP contribution in [0.15, 0.2) is 60.7 Å². The van der Waals surface area contributed by atoms with Gasteiger partial charge in [0, 0.05) is 11.8 Å².